The molecule has 104 valence electrons. The molecule has 0 radical (unpaired) electrons. The lowest BCUT2D eigenvalue weighted by molar-refractivity contribution is -0.116. The van der Waals surface area contributed by atoms with Crippen molar-refractivity contribution in [3.8, 4) is 11.5 Å². The van der Waals surface area contributed by atoms with E-state index < -0.39 is 0 Å². The first kappa shape index (κ1) is 14.0. The number of anilines is 1. The highest BCUT2D eigenvalue weighted by molar-refractivity contribution is 6.34. The lowest BCUT2D eigenvalue weighted by atomic mass is 10.2. The molecule has 0 saturated heterocycles. The summed E-state index contributed by atoms with van der Waals surface area (Å²) in [6, 6.07) is 3.42. The van der Waals surface area contributed by atoms with Gasteiger partial charge in [-0.25, -0.2) is 0 Å². The molecular formula is C14H18ClNO3. The molecule has 1 aliphatic heterocycles. The molecule has 0 atom stereocenters. The van der Waals surface area contributed by atoms with Gasteiger partial charge in [0, 0.05) is 25.0 Å². The van der Waals surface area contributed by atoms with Gasteiger partial charge in [0.1, 0.15) is 0 Å². The fraction of sp³-hybridized carbons (Fsp3) is 0.500. The molecule has 5 heteroatoms. The van der Waals surface area contributed by atoms with Gasteiger partial charge in [0.15, 0.2) is 11.5 Å². The van der Waals surface area contributed by atoms with E-state index in [0.29, 0.717) is 41.8 Å². The number of halogens is 1. The molecular weight excluding hydrogens is 266 g/mol. The Bertz CT molecular complexity index is 462. The molecule has 0 bridgehead atoms. The number of ether oxygens (including phenoxy) is 2. The predicted molar refractivity (Wildman–Crippen MR) is 75.2 cm³/mol. The Kier molecular flexibility index (Phi) is 4.91. The number of carbonyl (C=O) groups excluding carboxylic acids is 1. The maximum absolute atomic E-state index is 11.7. The molecule has 0 aromatic heterocycles. The zero-order valence-electron chi connectivity index (χ0n) is 11.0. The molecule has 0 spiro atoms. The van der Waals surface area contributed by atoms with Gasteiger partial charge in [-0.15, -0.1) is 0 Å². The highest BCUT2D eigenvalue weighted by Crippen LogP contribution is 2.37. The van der Waals surface area contributed by atoms with E-state index in [4.69, 9.17) is 21.1 Å². The van der Waals surface area contributed by atoms with Gasteiger partial charge in [-0.3, -0.25) is 4.79 Å². The van der Waals surface area contributed by atoms with E-state index in [0.717, 1.165) is 19.3 Å². The summed E-state index contributed by atoms with van der Waals surface area (Å²) in [6.45, 7) is 3.28. The van der Waals surface area contributed by atoms with E-state index in [1.807, 2.05) is 6.92 Å². The first-order valence-electron chi connectivity index (χ1n) is 6.59. The Morgan fingerprint density at radius 1 is 1.32 bits per heavy atom. The molecule has 0 fully saturated rings. The van der Waals surface area contributed by atoms with Crippen LogP contribution in [0.2, 0.25) is 5.02 Å². The van der Waals surface area contributed by atoms with Crippen LogP contribution in [0.25, 0.3) is 0 Å². The van der Waals surface area contributed by atoms with Crippen molar-refractivity contribution in [1.82, 2.24) is 0 Å². The molecule has 0 aliphatic carbocycles. The monoisotopic (exact) mass is 283 g/mol. The van der Waals surface area contributed by atoms with Crippen LogP contribution in [0.5, 0.6) is 11.5 Å². The number of hydrogen-bond acceptors (Lipinski definition) is 3. The van der Waals surface area contributed by atoms with Gasteiger partial charge in [0.25, 0.3) is 0 Å². The lowest BCUT2D eigenvalue weighted by Gasteiger charge is -2.12. The number of fused-ring (bicyclic) bond motifs is 1. The van der Waals surface area contributed by atoms with E-state index in [-0.39, 0.29) is 5.91 Å². The van der Waals surface area contributed by atoms with Crippen LogP contribution in [0.4, 0.5) is 5.69 Å². The van der Waals surface area contributed by atoms with Gasteiger partial charge in [-0.05, 0) is 6.42 Å². The number of hydrogen-bond donors (Lipinski definition) is 1. The van der Waals surface area contributed by atoms with Crippen LogP contribution in [0.3, 0.4) is 0 Å². The average molecular weight is 284 g/mol. The molecule has 0 saturated carbocycles. The Hall–Kier alpha value is -1.42. The molecule has 0 unspecified atom stereocenters. The maximum atomic E-state index is 11.7. The fourth-order valence-corrected chi connectivity index (χ4v) is 2.03. The summed E-state index contributed by atoms with van der Waals surface area (Å²) in [5.41, 5.74) is 0.576. The minimum atomic E-state index is -0.0294. The number of amides is 1. The van der Waals surface area contributed by atoms with Crippen LogP contribution >= 0.6 is 11.6 Å². The molecule has 1 aromatic rings. The first-order valence-corrected chi connectivity index (χ1v) is 6.97. The average Bonchev–Trinajstić information content (AvgIpc) is 2.62. The summed E-state index contributed by atoms with van der Waals surface area (Å²) in [5.74, 6) is 1.24. The van der Waals surface area contributed by atoms with Crippen LogP contribution in [-0.2, 0) is 4.79 Å². The van der Waals surface area contributed by atoms with Crippen molar-refractivity contribution < 1.29 is 14.3 Å². The fourth-order valence-electron chi connectivity index (χ4n) is 1.83. The van der Waals surface area contributed by atoms with Crippen molar-refractivity contribution in [2.45, 2.75) is 32.6 Å². The standard InChI is InChI=1S/C14H18ClNO3/c1-2-3-5-14(17)16-11-9-13-12(8-10(11)15)18-6-4-7-19-13/h8-9H,2-7H2,1H3,(H,16,17). The third-order valence-electron chi connectivity index (χ3n) is 2.87. The van der Waals surface area contributed by atoms with Gasteiger partial charge in [-0.2, -0.15) is 0 Å². The molecule has 1 heterocycles. The second-order valence-electron chi connectivity index (χ2n) is 4.48. The smallest absolute Gasteiger partial charge is 0.224 e. The predicted octanol–water partition coefficient (Wildman–Crippen LogP) is 3.63. The SMILES string of the molecule is CCCCC(=O)Nc1cc2c(cc1Cl)OCCCO2. The van der Waals surface area contributed by atoms with Crippen LogP contribution in [0, 0.1) is 0 Å². The van der Waals surface area contributed by atoms with Gasteiger partial charge in [0.05, 0.1) is 23.9 Å². The zero-order valence-corrected chi connectivity index (χ0v) is 11.8. The molecule has 19 heavy (non-hydrogen) atoms. The molecule has 1 amide bonds. The van der Waals surface area contributed by atoms with Gasteiger partial charge in [0.2, 0.25) is 5.91 Å². The Balaban J connectivity index is 2.12. The van der Waals surface area contributed by atoms with E-state index in [2.05, 4.69) is 5.32 Å². The van der Waals surface area contributed by atoms with Crippen molar-refractivity contribution in [2.75, 3.05) is 18.5 Å². The third kappa shape index (κ3) is 3.77. The quantitative estimate of drug-likeness (QED) is 0.918. The van der Waals surface area contributed by atoms with E-state index >= 15 is 0 Å². The summed E-state index contributed by atoms with van der Waals surface area (Å²) in [7, 11) is 0. The summed E-state index contributed by atoms with van der Waals surface area (Å²) in [4.78, 5) is 11.7. The molecule has 2 rings (SSSR count). The van der Waals surface area contributed by atoms with Crippen LogP contribution in [-0.4, -0.2) is 19.1 Å². The minimum Gasteiger partial charge on any atom is -0.490 e. The summed E-state index contributed by atoms with van der Waals surface area (Å²) in [5, 5.41) is 3.28. The summed E-state index contributed by atoms with van der Waals surface area (Å²) < 4.78 is 11.1. The van der Waals surface area contributed by atoms with E-state index in [1.54, 1.807) is 12.1 Å². The number of carbonyl (C=O) groups is 1. The zero-order chi connectivity index (χ0) is 13.7. The van der Waals surface area contributed by atoms with Crippen molar-refractivity contribution >= 4 is 23.2 Å². The second-order valence-corrected chi connectivity index (χ2v) is 4.89. The number of rotatable bonds is 4. The van der Waals surface area contributed by atoms with Gasteiger partial charge < -0.3 is 14.8 Å². The van der Waals surface area contributed by atoms with Crippen molar-refractivity contribution in [3.63, 3.8) is 0 Å². The van der Waals surface area contributed by atoms with Crippen molar-refractivity contribution in [2.24, 2.45) is 0 Å². The van der Waals surface area contributed by atoms with Crippen molar-refractivity contribution in [3.05, 3.63) is 17.2 Å². The van der Waals surface area contributed by atoms with Gasteiger partial charge in [-0.1, -0.05) is 24.9 Å². The van der Waals surface area contributed by atoms with E-state index in [9.17, 15) is 4.79 Å². The molecule has 1 aliphatic rings. The van der Waals surface area contributed by atoms with Gasteiger partial charge >= 0.3 is 0 Å². The van der Waals surface area contributed by atoms with E-state index in [1.165, 1.54) is 0 Å². The Morgan fingerprint density at radius 2 is 2.00 bits per heavy atom. The minimum absolute atomic E-state index is 0.0294. The largest absolute Gasteiger partial charge is 0.490 e. The topological polar surface area (TPSA) is 47.6 Å². The summed E-state index contributed by atoms with van der Waals surface area (Å²) >= 11 is 6.14. The van der Waals surface area contributed by atoms with Crippen molar-refractivity contribution in [1.29, 1.82) is 0 Å². The molecule has 4 nitrogen and oxygen atoms in total. The Labute approximate surface area is 118 Å². The maximum Gasteiger partial charge on any atom is 0.224 e. The third-order valence-corrected chi connectivity index (χ3v) is 3.18. The summed E-state index contributed by atoms with van der Waals surface area (Å²) in [6.07, 6.45) is 3.20. The van der Waals surface area contributed by atoms with Crippen LogP contribution < -0.4 is 14.8 Å². The highest BCUT2D eigenvalue weighted by Gasteiger charge is 2.15. The van der Waals surface area contributed by atoms with Crippen LogP contribution in [0.1, 0.15) is 32.6 Å². The molecule has 1 aromatic carbocycles. The lowest BCUT2D eigenvalue weighted by Crippen LogP contribution is -2.11. The number of benzene rings is 1. The number of unbranched alkanes of at least 4 members (excludes halogenated alkanes) is 1. The highest BCUT2D eigenvalue weighted by atomic mass is 35.5. The van der Waals surface area contributed by atoms with Crippen LogP contribution in [0.15, 0.2) is 12.1 Å². The number of nitrogens with one attached hydrogen (secondary N) is 1. The normalized spacial score (nSPS) is 13.8. The first-order chi connectivity index (χ1) is 9.20. The second kappa shape index (κ2) is 6.66. The Morgan fingerprint density at radius 3 is 2.68 bits per heavy atom. The molecule has 1 N–H and O–H groups in total.